The third kappa shape index (κ3) is 2.15. The van der Waals surface area contributed by atoms with Crippen LogP contribution < -0.4 is 36.7 Å². The molecule has 0 aromatic heterocycles. The van der Waals surface area contributed by atoms with Crippen LogP contribution in [0.3, 0.4) is 0 Å². The van der Waals surface area contributed by atoms with Gasteiger partial charge in [-0.15, -0.1) is 0 Å². The Morgan fingerprint density at radius 1 is 0.516 bits per heavy atom. The van der Waals surface area contributed by atoms with Crippen LogP contribution in [-0.4, -0.2) is 14.7 Å². The van der Waals surface area contributed by atoms with E-state index in [0.29, 0.717) is 16.7 Å². The molecule has 7 nitrogen and oxygen atoms in total. The third-order valence-corrected chi connectivity index (χ3v) is 12.2. The van der Waals surface area contributed by atoms with Crippen molar-refractivity contribution in [2.75, 3.05) is 4.90 Å². The summed E-state index contributed by atoms with van der Waals surface area (Å²) in [7, 11) is -12.6. The van der Waals surface area contributed by atoms with Gasteiger partial charge in [-0.05, 0) is 73.9 Å². The monoisotopic (exact) mass is 473 g/mol. The molecular formula is C21H18NO6P3. The zero-order valence-corrected chi connectivity index (χ0v) is 19.5. The summed E-state index contributed by atoms with van der Waals surface area (Å²) in [5.41, 5.74) is 2.31. The summed E-state index contributed by atoms with van der Waals surface area (Å²) < 4.78 is 41.3. The fourth-order valence-electron chi connectivity index (χ4n) is 5.02. The summed E-state index contributed by atoms with van der Waals surface area (Å²) in [4.78, 5) is 35.4. The number of benzene rings is 3. The van der Waals surface area contributed by atoms with Gasteiger partial charge in [0.15, 0.2) is 0 Å². The Balaban J connectivity index is 1.95. The molecule has 0 fully saturated rings. The molecule has 3 aromatic rings. The summed E-state index contributed by atoms with van der Waals surface area (Å²) in [5.74, 6) is 0. The van der Waals surface area contributed by atoms with E-state index in [1.807, 2.05) is 0 Å². The maximum Gasteiger partial charge on any atom is 0.263 e. The predicted octanol–water partition coefficient (Wildman–Crippen LogP) is 1.69. The zero-order chi connectivity index (χ0) is 22.2. The lowest BCUT2D eigenvalue weighted by atomic mass is 10.1. The highest BCUT2D eigenvalue weighted by Crippen LogP contribution is 2.63. The Labute approximate surface area is 178 Å². The number of nitrogens with zero attached hydrogens (tertiary/aromatic N) is 1. The lowest BCUT2D eigenvalue weighted by Crippen LogP contribution is -2.50. The first-order chi connectivity index (χ1) is 14.4. The van der Waals surface area contributed by atoms with Gasteiger partial charge in [0.05, 0.1) is 48.9 Å². The highest BCUT2D eigenvalue weighted by atomic mass is 31.2. The van der Waals surface area contributed by atoms with E-state index >= 15 is 0 Å². The van der Waals surface area contributed by atoms with Crippen LogP contribution in [0, 0.1) is 20.8 Å². The van der Waals surface area contributed by atoms with Crippen molar-refractivity contribution in [3.8, 4) is 0 Å². The Hall–Kier alpha value is -1.97. The van der Waals surface area contributed by atoms with Crippen molar-refractivity contribution in [3.63, 3.8) is 0 Å². The maximum absolute atomic E-state index is 13.8. The summed E-state index contributed by atoms with van der Waals surface area (Å²) in [5, 5.41) is 0.459. The van der Waals surface area contributed by atoms with Crippen LogP contribution in [0.25, 0.3) is 0 Å². The van der Waals surface area contributed by atoms with E-state index in [0.717, 1.165) is 0 Å². The quantitative estimate of drug-likeness (QED) is 0.426. The molecule has 3 aromatic carbocycles. The fourth-order valence-corrected chi connectivity index (χ4v) is 11.4. The van der Waals surface area contributed by atoms with E-state index in [2.05, 4.69) is 0 Å². The van der Waals surface area contributed by atoms with Crippen LogP contribution in [0.15, 0.2) is 36.4 Å². The Morgan fingerprint density at radius 2 is 0.710 bits per heavy atom. The number of hydrogen-bond donors (Lipinski definition) is 3. The van der Waals surface area contributed by atoms with Crippen molar-refractivity contribution in [2.24, 2.45) is 0 Å². The van der Waals surface area contributed by atoms with Crippen molar-refractivity contribution in [2.45, 2.75) is 20.8 Å². The first-order valence-electron chi connectivity index (χ1n) is 9.62. The molecule has 0 bridgehead atoms. The molecular weight excluding hydrogens is 455 g/mol. The minimum absolute atomic E-state index is 0.0765. The molecule has 0 unspecified atom stereocenters. The molecule has 0 atom stereocenters. The van der Waals surface area contributed by atoms with E-state index in [1.54, 1.807) is 62.1 Å². The number of hydrogen-bond acceptors (Lipinski definition) is 4. The second kappa shape index (κ2) is 5.50. The molecule has 31 heavy (non-hydrogen) atoms. The number of anilines is 3. The summed E-state index contributed by atoms with van der Waals surface area (Å²) >= 11 is 0. The Kier molecular flexibility index (Phi) is 3.49. The standard InChI is InChI=1S/C21H18NO6P3/c1-10-4-13-19-14(5-10)30(25,26)16-7-12(3)9-18-21(16)22(19)20-15(29(13,23)24)6-11(2)8-17(20)31(18,27)28/h4-9H,1-3H3,(H,23,24)(H,25,26)(H,27,28). The minimum atomic E-state index is -4.20. The highest BCUT2D eigenvalue weighted by Gasteiger charge is 2.54. The van der Waals surface area contributed by atoms with Gasteiger partial charge in [-0.3, -0.25) is 13.7 Å². The summed E-state index contributed by atoms with van der Waals surface area (Å²) in [6.45, 7) is 5.13. The molecule has 10 heteroatoms. The van der Waals surface area contributed by atoms with Gasteiger partial charge in [0.2, 0.25) is 0 Å². The van der Waals surface area contributed by atoms with Crippen LogP contribution in [0.4, 0.5) is 17.1 Å². The van der Waals surface area contributed by atoms with Gasteiger partial charge in [0.1, 0.15) is 0 Å². The van der Waals surface area contributed by atoms with Crippen molar-refractivity contribution in [1.29, 1.82) is 0 Å². The van der Waals surface area contributed by atoms with E-state index in [9.17, 15) is 28.4 Å². The summed E-state index contributed by atoms with van der Waals surface area (Å²) in [6, 6.07) is 9.40. The molecule has 0 amide bonds. The van der Waals surface area contributed by atoms with Crippen molar-refractivity contribution in [1.82, 2.24) is 0 Å². The van der Waals surface area contributed by atoms with Crippen molar-refractivity contribution in [3.05, 3.63) is 53.1 Å². The van der Waals surface area contributed by atoms with Crippen LogP contribution in [0.1, 0.15) is 16.7 Å². The number of aryl methyl sites for hydroxylation is 3. The molecule has 3 aliphatic rings. The summed E-state index contributed by atoms with van der Waals surface area (Å²) in [6.07, 6.45) is 0. The van der Waals surface area contributed by atoms with Crippen molar-refractivity contribution >= 4 is 71.0 Å². The van der Waals surface area contributed by atoms with E-state index in [-0.39, 0.29) is 48.9 Å². The molecule has 0 aliphatic carbocycles. The van der Waals surface area contributed by atoms with Gasteiger partial charge in [0.25, 0.3) is 22.1 Å². The van der Waals surface area contributed by atoms with Gasteiger partial charge in [-0.25, -0.2) is 0 Å². The molecule has 3 N–H and O–H groups in total. The average molecular weight is 473 g/mol. The highest BCUT2D eigenvalue weighted by molar-refractivity contribution is 7.78. The smallest absolute Gasteiger partial charge is 0.263 e. The molecule has 3 aliphatic heterocycles. The first-order valence-corrected chi connectivity index (χ1v) is 14.6. The van der Waals surface area contributed by atoms with E-state index in [4.69, 9.17) is 0 Å². The SMILES string of the molecule is Cc1cc2c3c(c1)P(=O)(O)c1cc(C)cc4c1N3c1c(cc(C)cc1P4(=O)O)P2(=O)O. The van der Waals surface area contributed by atoms with Crippen LogP contribution in [0.5, 0.6) is 0 Å². The third-order valence-electron chi connectivity index (χ3n) is 6.27. The van der Waals surface area contributed by atoms with Gasteiger partial charge in [-0.2, -0.15) is 0 Å². The zero-order valence-electron chi connectivity index (χ0n) is 16.8. The Morgan fingerprint density at radius 3 is 0.903 bits per heavy atom. The molecule has 0 saturated heterocycles. The fraction of sp³-hybridized carbons (Fsp3) is 0.143. The molecule has 0 saturated carbocycles. The van der Waals surface area contributed by atoms with Gasteiger partial charge >= 0.3 is 0 Å². The minimum Gasteiger partial charge on any atom is -0.338 e. The second-order valence-corrected chi connectivity index (χ2v) is 14.9. The lowest BCUT2D eigenvalue weighted by Gasteiger charge is -2.46. The van der Waals surface area contributed by atoms with Crippen molar-refractivity contribution < 1.29 is 28.4 Å². The van der Waals surface area contributed by atoms with Gasteiger partial charge < -0.3 is 19.6 Å². The van der Waals surface area contributed by atoms with Gasteiger partial charge in [-0.1, -0.05) is 0 Å². The molecule has 6 rings (SSSR count). The van der Waals surface area contributed by atoms with Crippen LogP contribution >= 0.6 is 22.1 Å². The second-order valence-electron chi connectivity index (χ2n) is 8.52. The molecule has 0 radical (unpaired) electrons. The normalized spacial score (nSPS) is 29.0. The molecule has 0 spiro atoms. The molecule has 158 valence electrons. The first kappa shape index (κ1) is 19.7. The predicted molar refractivity (Wildman–Crippen MR) is 123 cm³/mol. The average Bonchev–Trinajstić information content (AvgIpc) is 2.66. The van der Waals surface area contributed by atoms with Crippen LogP contribution in [0.2, 0.25) is 0 Å². The topological polar surface area (TPSA) is 115 Å². The number of rotatable bonds is 0. The van der Waals surface area contributed by atoms with Crippen LogP contribution in [-0.2, 0) is 13.7 Å². The van der Waals surface area contributed by atoms with Gasteiger partial charge in [0, 0.05) is 0 Å². The molecule has 3 heterocycles. The lowest BCUT2D eigenvalue weighted by molar-refractivity contribution is 0.500. The van der Waals surface area contributed by atoms with E-state index < -0.39 is 22.1 Å². The maximum atomic E-state index is 13.8. The largest absolute Gasteiger partial charge is 0.338 e. The Bertz CT molecular complexity index is 1290. The van der Waals surface area contributed by atoms with E-state index in [1.165, 1.54) is 0 Å².